The summed E-state index contributed by atoms with van der Waals surface area (Å²) in [6, 6.07) is 0. The zero-order chi connectivity index (χ0) is 59.9. The molecule has 0 saturated heterocycles. The second-order valence-electron chi connectivity index (χ2n) is 21.6. The summed E-state index contributed by atoms with van der Waals surface area (Å²) in [5, 5.41) is 0. The van der Waals surface area contributed by atoms with Crippen LogP contribution in [-0.2, 0) is 28.6 Å². The van der Waals surface area contributed by atoms with Gasteiger partial charge in [0.05, 0.1) is 0 Å². The zero-order valence-electron chi connectivity index (χ0n) is 53.4. The van der Waals surface area contributed by atoms with E-state index in [0.29, 0.717) is 19.3 Å². The van der Waals surface area contributed by atoms with Crippen molar-refractivity contribution in [1.29, 1.82) is 0 Å². The molecule has 0 aromatic rings. The Kier molecular flexibility index (Phi) is 64.9. The molecule has 0 aliphatic rings. The molecule has 6 nitrogen and oxygen atoms in total. The van der Waals surface area contributed by atoms with Gasteiger partial charge in [0.25, 0.3) is 0 Å². The zero-order valence-corrected chi connectivity index (χ0v) is 53.4. The highest BCUT2D eigenvalue weighted by Crippen LogP contribution is 2.14. The molecule has 1 unspecified atom stereocenters. The van der Waals surface area contributed by atoms with Gasteiger partial charge in [-0.05, 0) is 154 Å². The van der Waals surface area contributed by atoms with Gasteiger partial charge in [-0.3, -0.25) is 14.4 Å². The Bertz CT molecular complexity index is 1890. The minimum atomic E-state index is -0.812. The van der Waals surface area contributed by atoms with Crippen LogP contribution >= 0.6 is 0 Å². The fraction of sp³-hybridized carbons (Fsp3) is 0.597. The topological polar surface area (TPSA) is 78.9 Å². The lowest BCUT2D eigenvalue weighted by atomic mass is 10.1. The number of ether oxygens (including phenoxy) is 3. The van der Waals surface area contributed by atoms with E-state index in [-0.39, 0.29) is 31.1 Å². The third kappa shape index (κ3) is 67.4. The molecular formula is C77H122O6. The normalized spacial score (nSPS) is 13.2. The molecule has 0 radical (unpaired) electrons. The predicted molar refractivity (Wildman–Crippen MR) is 361 cm³/mol. The van der Waals surface area contributed by atoms with Crippen LogP contribution in [0.3, 0.4) is 0 Å². The van der Waals surface area contributed by atoms with Gasteiger partial charge in [-0.1, -0.05) is 274 Å². The van der Waals surface area contributed by atoms with Crippen LogP contribution in [0.15, 0.2) is 170 Å². The minimum absolute atomic E-state index is 0.104. The molecule has 0 saturated carbocycles. The van der Waals surface area contributed by atoms with Gasteiger partial charge in [-0.15, -0.1) is 0 Å². The van der Waals surface area contributed by atoms with Crippen molar-refractivity contribution in [2.24, 2.45) is 0 Å². The van der Waals surface area contributed by atoms with Crippen molar-refractivity contribution in [1.82, 2.24) is 0 Å². The number of unbranched alkanes of at least 4 members (excludes halogenated alkanes) is 20. The lowest BCUT2D eigenvalue weighted by Gasteiger charge is -2.18. The number of rotatable bonds is 59. The first-order valence-corrected chi connectivity index (χ1v) is 33.6. The molecule has 0 aliphatic heterocycles. The first-order chi connectivity index (χ1) is 41.0. The molecule has 0 amide bonds. The van der Waals surface area contributed by atoms with E-state index >= 15 is 0 Å². The second-order valence-corrected chi connectivity index (χ2v) is 21.6. The fourth-order valence-electron chi connectivity index (χ4n) is 8.71. The van der Waals surface area contributed by atoms with Crippen LogP contribution in [0.5, 0.6) is 0 Å². The highest BCUT2D eigenvalue weighted by Gasteiger charge is 2.19. The van der Waals surface area contributed by atoms with Gasteiger partial charge in [0.2, 0.25) is 0 Å². The van der Waals surface area contributed by atoms with E-state index in [1.807, 2.05) is 0 Å². The molecule has 0 aliphatic carbocycles. The van der Waals surface area contributed by atoms with Crippen LogP contribution in [0, 0.1) is 0 Å². The Morgan fingerprint density at radius 3 is 0.735 bits per heavy atom. The maximum Gasteiger partial charge on any atom is 0.306 e. The Labute approximate surface area is 511 Å². The lowest BCUT2D eigenvalue weighted by Crippen LogP contribution is -2.30. The first-order valence-electron chi connectivity index (χ1n) is 33.6. The highest BCUT2D eigenvalue weighted by molar-refractivity contribution is 5.71. The maximum atomic E-state index is 12.9. The van der Waals surface area contributed by atoms with Crippen molar-refractivity contribution >= 4 is 17.9 Å². The standard InChI is InChI=1S/C77H122O6/c1-4-7-10-13-16-19-22-25-28-31-33-35-36-37-38-39-40-42-43-46-49-52-55-58-61-64-67-70-76(79)82-73-74(72-81-75(78)69-66-63-60-57-54-51-48-45-30-27-24-21-18-15-12-9-6-3)83-77(80)71-68-65-62-59-56-53-50-47-44-41-34-32-29-26-23-20-17-14-11-8-5-2/h7-8,10-11,16-21,25-30,33-35,37-38,40-42,46-47,49-50,74H,4-6,9,12-15,22-24,31-32,36,39,43-45,48,51-73H2,1-3H3/b10-7-,11-8-,19-16-,20-17-,21-18-,28-25-,29-26-,30-27-,35-33-,38-37-,41-34-,42-40-,49-46-,50-47-. The third-order valence-electron chi connectivity index (χ3n) is 13.7. The quantitative estimate of drug-likeness (QED) is 0.0261. The molecule has 0 fully saturated rings. The molecule has 0 spiro atoms. The summed E-state index contributed by atoms with van der Waals surface area (Å²) < 4.78 is 16.9. The smallest absolute Gasteiger partial charge is 0.306 e. The number of hydrogen-bond donors (Lipinski definition) is 0. The molecule has 0 aromatic carbocycles. The monoisotopic (exact) mass is 1140 g/mol. The van der Waals surface area contributed by atoms with Crippen molar-refractivity contribution in [2.45, 2.75) is 284 Å². The number of esters is 3. The van der Waals surface area contributed by atoms with Crippen molar-refractivity contribution in [3.63, 3.8) is 0 Å². The Morgan fingerprint density at radius 1 is 0.253 bits per heavy atom. The largest absolute Gasteiger partial charge is 0.462 e. The van der Waals surface area contributed by atoms with Gasteiger partial charge in [0.15, 0.2) is 6.10 Å². The molecule has 0 bridgehead atoms. The molecule has 0 N–H and O–H groups in total. The van der Waals surface area contributed by atoms with Crippen LogP contribution in [0.4, 0.5) is 0 Å². The molecule has 0 heterocycles. The number of hydrogen-bond acceptors (Lipinski definition) is 6. The van der Waals surface area contributed by atoms with Gasteiger partial charge in [0, 0.05) is 19.3 Å². The molecule has 1 atom stereocenters. The number of carbonyl (C=O) groups excluding carboxylic acids is 3. The van der Waals surface area contributed by atoms with Crippen molar-refractivity contribution in [2.75, 3.05) is 13.2 Å². The van der Waals surface area contributed by atoms with Crippen molar-refractivity contribution < 1.29 is 28.6 Å². The highest BCUT2D eigenvalue weighted by atomic mass is 16.6. The van der Waals surface area contributed by atoms with Crippen LogP contribution in [0.25, 0.3) is 0 Å². The van der Waals surface area contributed by atoms with Crippen molar-refractivity contribution in [3.8, 4) is 0 Å². The van der Waals surface area contributed by atoms with Crippen molar-refractivity contribution in [3.05, 3.63) is 170 Å². The van der Waals surface area contributed by atoms with E-state index in [2.05, 4.69) is 191 Å². The van der Waals surface area contributed by atoms with Crippen LogP contribution in [0.1, 0.15) is 278 Å². The summed E-state index contributed by atoms with van der Waals surface area (Å²) in [6.07, 6.45) is 102. The summed E-state index contributed by atoms with van der Waals surface area (Å²) in [7, 11) is 0. The Morgan fingerprint density at radius 2 is 0.470 bits per heavy atom. The summed E-state index contributed by atoms with van der Waals surface area (Å²) in [5.41, 5.74) is 0. The first kappa shape index (κ1) is 77.8. The summed E-state index contributed by atoms with van der Waals surface area (Å²) in [4.78, 5) is 38.4. The third-order valence-corrected chi connectivity index (χ3v) is 13.7. The molecule has 6 heteroatoms. The van der Waals surface area contributed by atoms with Gasteiger partial charge >= 0.3 is 17.9 Å². The average Bonchev–Trinajstić information content (AvgIpc) is 3.49. The van der Waals surface area contributed by atoms with Gasteiger partial charge in [-0.2, -0.15) is 0 Å². The molecular weight excluding hydrogens is 1020 g/mol. The minimum Gasteiger partial charge on any atom is -0.462 e. The second kappa shape index (κ2) is 69.3. The summed E-state index contributed by atoms with van der Waals surface area (Å²) in [5.74, 6) is -0.952. The van der Waals surface area contributed by atoms with Gasteiger partial charge < -0.3 is 14.2 Å². The Hall–Kier alpha value is -5.23. The van der Waals surface area contributed by atoms with E-state index in [1.54, 1.807) is 0 Å². The van der Waals surface area contributed by atoms with E-state index in [1.165, 1.54) is 51.4 Å². The fourth-order valence-corrected chi connectivity index (χ4v) is 8.71. The lowest BCUT2D eigenvalue weighted by molar-refractivity contribution is -0.167. The molecule has 83 heavy (non-hydrogen) atoms. The maximum absolute atomic E-state index is 12.9. The SMILES string of the molecule is CC/C=C\C/C=C\C/C=C\C/C=C\C/C=C\C/C=C\C/C=C\CCCCCCCC(=O)OCC(COC(=O)CCCCCCCCC/C=C\C/C=C\CCCCC)OC(=O)CCCCCCC/C=C\C/C=C\C/C=C\C/C=C\C/C=C\CC. The van der Waals surface area contributed by atoms with E-state index in [4.69, 9.17) is 14.2 Å². The van der Waals surface area contributed by atoms with Crippen LogP contribution in [-0.4, -0.2) is 37.2 Å². The summed E-state index contributed by atoms with van der Waals surface area (Å²) >= 11 is 0. The Balaban J connectivity index is 4.50. The number of carbonyl (C=O) groups is 3. The van der Waals surface area contributed by atoms with Gasteiger partial charge in [0.1, 0.15) is 13.2 Å². The van der Waals surface area contributed by atoms with Gasteiger partial charge in [-0.25, -0.2) is 0 Å². The molecule has 0 aromatic heterocycles. The van der Waals surface area contributed by atoms with E-state index in [9.17, 15) is 14.4 Å². The number of allylic oxidation sites excluding steroid dienone is 28. The van der Waals surface area contributed by atoms with Crippen LogP contribution in [0.2, 0.25) is 0 Å². The van der Waals surface area contributed by atoms with E-state index < -0.39 is 6.10 Å². The molecule has 0 rings (SSSR count). The summed E-state index contributed by atoms with van der Waals surface area (Å²) in [6.45, 7) is 6.35. The average molecular weight is 1140 g/mol. The molecule has 466 valence electrons. The predicted octanol–water partition coefficient (Wildman–Crippen LogP) is 23.4. The van der Waals surface area contributed by atoms with E-state index in [0.717, 1.165) is 186 Å². The van der Waals surface area contributed by atoms with Crippen LogP contribution < -0.4 is 0 Å².